The number of ether oxygens (including phenoxy) is 1. The number of nitrogens with two attached hydrogens (primary N) is 1. The van der Waals surface area contributed by atoms with Crippen molar-refractivity contribution in [2.45, 2.75) is 18.2 Å². The SMILES string of the molecule is C/C(N)=C/S(=O)(=O)c1ccc(OC(F)(F)F)cc1. The van der Waals surface area contributed by atoms with Crippen LogP contribution in [0.3, 0.4) is 0 Å². The summed E-state index contributed by atoms with van der Waals surface area (Å²) in [7, 11) is -3.74. The van der Waals surface area contributed by atoms with Gasteiger partial charge < -0.3 is 10.5 Å². The van der Waals surface area contributed by atoms with Crippen molar-refractivity contribution in [3.63, 3.8) is 0 Å². The van der Waals surface area contributed by atoms with Gasteiger partial charge in [-0.05, 0) is 31.2 Å². The van der Waals surface area contributed by atoms with Gasteiger partial charge in [-0.15, -0.1) is 13.2 Å². The molecule has 100 valence electrons. The minimum absolute atomic E-state index is 0.0746. The van der Waals surface area contributed by atoms with Crippen LogP contribution in [-0.2, 0) is 9.84 Å². The summed E-state index contributed by atoms with van der Waals surface area (Å²) in [5, 5.41) is 0.826. The Labute approximate surface area is 102 Å². The molecule has 0 aliphatic rings. The van der Waals surface area contributed by atoms with Crippen LogP contribution in [0.15, 0.2) is 40.3 Å². The highest BCUT2D eigenvalue weighted by atomic mass is 32.2. The summed E-state index contributed by atoms with van der Waals surface area (Å²) in [6.45, 7) is 1.39. The zero-order chi connectivity index (χ0) is 14.0. The number of hydrogen-bond acceptors (Lipinski definition) is 4. The first kappa shape index (κ1) is 14.4. The summed E-state index contributed by atoms with van der Waals surface area (Å²) in [6, 6.07) is 3.85. The lowest BCUT2D eigenvalue weighted by molar-refractivity contribution is -0.274. The Balaban J connectivity index is 3.00. The zero-order valence-corrected chi connectivity index (χ0v) is 10.0. The molecule has 0 aliphatic heterocycles. The number of halogens is 3. The predicted molar refractivity (Wildman–Crippen MR) is 58.3 cm³/mol. The summed E-state index contributed by atoms with van der Waals surface area (Å²) in [5.41, 5.74) is 5.31. The molecule has 0 aliphatic carbocycles. The fraction of sp³-hybridized carbons (Fsp3) is 0.200. The quantitative estimate of drug-likeness (QED) is 0.922. The average molecular weight is 281 g/mol. The molecule has 0 unspecified atom stereocenters. The van der Waals surface area contributed by atoms with Crippen LogP contribution in [0.4, 0.5) is 13.2 Å². The minimum Gasteiger partial charge on any atom is -0.406 e. The van der Waals surface area contributed by atoms with Gasteiger partial charge in [-0.25, -0.2) is 8.42 Å². The maximum Gasteiger partial charge on any atom is 0.573 e. The summed E-state index contributed by atoms with van der Waals surface area (Å²) in [5.74, 6) is -0.491. The molecular formula is C10H10F3NO3S. The molecule has 0 saturated heterocycles. The van der Waals surface area contributed by atoms with Crippen molar-refractivity contribution in [3.8, 4) is 5.75 Å². The molecule has 2 N–H and O–H groups in total. The van der Waals surface area contributed by atoms with Crippen LogP contribution >= 0.6 is 0 Å². The molecule has 0 spiro atoms. The Kier molecular flexibility index (Phi) is 3.90. The van der Waals surface area contributed by atoms with Crippen LogP contribution in [0, 0.1) is 0 Å². The van der Waals surface area contributed by atoms with Crippen molar-refractivity contribution in [2.24, 2.45) is 5.73 Å². The molecule has 1 rings (SSSR count). The molecule has 0 heterocycles. The molecule has 1 aromatic rings. The molecule has 0 amide bonds. The Hall–Kier alpha value is -1.70. The maximum absolute atomic E-state index is 11.9. The lowest BCUT2D eigenvalue weighted by Gasteiger charge is -2.08. The van der Waals surface area contributed by atoms with E-state index in [1.807, 2.05) is 0 Å². The van der Waals surface area contributed by atoms with Crippen LogP contribution in [0.25, 0.3) is 0 Å². The van der Waals surface area contributed by atoms with E-state index in [0.29, 0.717) is 0 Å². The zero-order valence-electron chi connectivity index (χ0n) is 9.23. The summed E-state index contributed by atoms with van der Waals surface area (Å²) in [6.07, 6.45) is -4.81. The van der Waals surface area contributed by atoms with E-state index in [9.17, 15) is 21.6 Å². The van der Waals surface area contributed by atoms with Gasteiger partial charge in [0.05, 0.1) is 10.3 Å². The predicted octanol–water partition coefficient (Wildman–Crippen LogP) is 2.18. The Morgan fingerprint density at radius 2 is 1.78 bits per heavy atom. The highest BCUT2D eigenvalue weighted by Crippen LogP contribution is 2.24. The number of sulfone groups is 1. The first-order valence-corrected chi connectivity index (χ1v) is 6.19. The van der Waals surface area contributed by atoms with Gasteiger partial charge >= 0.3 is 6.36 Å². The average Bonchev–Trinajstić information content (AvgIpc) is 2.13. The van der Waals surface area contributed by atoms with E-state index in [2.05, 4.69) is 4.74 Å². The van der Waals surface area contributed by atoms with Crippen molar-refractivity contribution in [3.05, 3.63) is 35.4 Å². The van der Waals surface area contributed by atoms with Crippen molar-refractivity contribution in [1.82, 2.24) is 0 Å². The molecule has 0 radical (unpaired) electrons. The largest absolute Gasteiger partial charge is 0.573 e. The van der Waals surface area contributed by atoms with Gasteiger partial charge in [-0.3, -0.25) is 0 Å². The molecule has 8 heteroatoms. The molecule has 1 aromatic carbocycles. The van der Waals surface area contributed by atoms with Gasteiger partial charge in [0, 0.05) is 5.70 Å². The molecule has 4 nitrogen and oxygen atoms in total. The van der Waals surface area contributed by atoms with E-state index >= 15 is 0 Å². The van der Waals surface area contributed by atoms with Crippen molar-refractivity contribution < 1.29 is 26.3 Å². The van der Waals surface area contributed by atoms with E-state index < -0.39 is 21.9 Å². The first-order chi connectivity index (χ1) is 8.10. The Bertz CT molecular complexity index is 543. The standard InChI is InChI=1S/C10H10F3NO3S/c1-7(14)6-18(15,16)9-4-2-8(3-5-9)17-10(11,12)13/h2-6H,14H2,1H3/b7-6-. The molecule has 18 heavy (non-hydrogen) atoms. The minimum atomic E-state index is -4.81. The second-order valence-electron chi connectivity index (χ2n) is 3.43. The smallest absolute Gasteiger partial charge is 0.406 e. The van der Waals surface area contributed by atoms with Crippen LogP contribution in [-0.4, -0.2) is 14.8 Å². The van der Waals surface area contributed by atoms with E-state index in [0.717, 1.165) is 29.7 Å². The molecule has 0 aromatic heterocycles. The van der Waals surface area contributed by atoms with Gasteiger partial charge in [-0.2, -0.15) is 0 Å². The second kappa shape index (κ2) is 4.89. The van der Waals surface area contributed by atoms with Gasteiger partial charge in [-0.1, -0.05) is 0 Å². The first-order valence-electron chi connectivity index (χ1n) is 4.65. The third kappa shape index (κ3) is 4.28. The van der Waals surface area contributed by atoms with Crippen LogP contribution in [0.2, 0.25) is 0 Å². The maximum atomic E-state index is 11.9. The van der Waals surface area contributed by atoms with Gasteiger partial charge in [0.25, 0.3) is 0 Å². The van der Waals surface area contributed by atoms with Crippen LogP contribution in [0.1, 0.15) is 6.92 Å². The molecule has 0 saturated carbocycles. The van der Waals surface area contributed by atoms with E-state index in [-0.39, 0.29) is 10.6 Å². The third-order valence-electron chi connectivity index (χ3n) is 1.73. The fourth-order valence-electron chi connectivity index (χ4n) is 1.14. The highest BCUT2D eigenvalue weighted by Gasteiger charge is 2.31. The lowest BCUT2D eigenvalue weighted by atomic mass is 10.3. The summed E-state index contributed by atoms with van der Waals surface area (Å²) >= 11 is 0. The van der Waals surface area contributed by atoms with Crippen molar-refractivity contribution in [2.75, 3.05) is 0 Å². The summed E-state index contributed by atoms with van der Waals surface area (Å²) < 4.78 is 62.5. The normalized spacial score (nSPS) is 13.4. The number of rotatable bonds is 3. The Morgan fingerprint density at radius 3 is 2.17 bits per heavy atom. The van der Waals surface area contributed by atoms with Gasteiger partial charge in [0.15, 0.2) is 0 Å². The second-order valence-corrected chi connectivity index (χ2v) is 5.22. The van der Waals surface area contributed by atoms with Gasteiger partial charge in [0.1, 0.15) is 5.75 Å². The Morgan fingerprint density at radius 1 is 1.28 bits per heavy atom. The number of hydrogen-bond donors (Lipinski definition) is 1. The number of alkyl halides is 3. The van der Waals surface area contributed by atoms with E-state index in [1.54, 1.807) is 0 Å². The van der Waals surface area contributed by atoms with Crippen molar-refractivity contribution >= 4 is 9.84 Å². The van der Waals surface area contributed by atoms with Crippen LogP contribution < -0.4 is 10.5 Å². The number of benzene rings is 1. The molecule has 0 atom stereocenters. The molecular weight excluding hydrogens is 271 g/mol. The van der Waals surface area contributed by atoms with Crippen molar-refractivity contribution in [1.29, 1.82) is 0 Å². The monoisotopic (exact) mass is 281 g/mol. The molecule has 0 fully saturated rings. The topological polar surface area (TPSA) is 69.4 Å². The fourth-order valence-corrected chi connectivity index (χ4v) is 2.28. The van der Waals surface area contributed by atoms with E-state index in [4.69, 9.17) is 5.73 Å². The lowest BCUT2D eigenvalue weighted by Crippen LogP contribution is -2.17. The molecule has 0 bridgehead atoms. The third-order valence-corrected chi connectivity index (χ3v) is 3.34. The highest BCUT2D eigenvalue weighted by molar-refractivity contribution is 7.94. The van der Waals surface area contributed by atoms with Gasteiger partial charge in [0.2, 0.25) is 9.84 Å². The number of allylic oxidation sites excluding steroid dienone is 1. The van der Waals surface area contributed by atoms with Crippen LogP contribution in [0.5, 0.6) is 5.75 Å². The summed E-state index contributed by atoms with van der Waals surface area (Å²) in [4.78, 5) is -0.165. The van der Waals surface area contributed by atoms with E-state index in [1.165, 1.54) is 6.92 Å².